The van der Waals surface area contributed by atoms with Gasteiger partial charge < -0.3 is 0 Å². The Bertz CT molecular complexity index is 235. The van der Waals surface area contributed by atoms with Crippen LogP contribution >= 0.6 is 0 Å². The molecule has 0 saturated carbocycles. The van der Waals surface area contributed by atoms with Gasteiger partial charge in [0.25, 0.3) is 0 Å². The summed E-state index contributed by atoms with van der Waals surface area (Å²) in [5.74, 6) is 0. The Labute approximate surface area is 102 Å². The molecule has 0 rings (SSSR count). The van der Waals surface area contributed by atoms with E-state index in [9.17, 15) is 14.7 Å². The lowest BCUT2D eigenvalue weighted by Gasteiger charge is -2.36. The van der Waals surface area contributed by atoms with E-state index >= 15 is 0 Å². The first-order valence-corrected chi connectivity index (χ1v) is 8.77. The van der Waals surface area contributed by atoms with E-state index in [-0.39, 0.29) is 0 Å². The SMILES string of the molecule is CCC(N=O)[Si](C)(C(CC)N=O)C(CC)N=O. The third-order valence-corrected chi connectivity index (χ3v) is 9.54. The van der Waals surface area contributed by atoms with Crippen LogP contribution in [-0.2, 0) is 0 Å². The van der Waals surface area contributed by atoms with Crippen molar-refractivity contribution in [1.29, 1.82) is 0 Å². The van der Waals surface area contributed by atoms with Crippen LogP contribution in [-0.4, -0.2) is 25.1 Å². The van der Waals surface area contributed by atoms with E-state index in [1.54, 1.807) is 0 Å². The minimum atomic E-state index is -2.58. The van der Waals surface area contributed by atoms with Gasteiger partial charge in [-0.15, -0.1) is 0 Å². The van der Waals surface area contributed by atoms with Gasteiger partial charge in [0.2, 0.25) is 0 Å². The summed E-state index contributed by atoms with van der Waals surface area (Å²) in [6.07, 6.45) is 1.60. The first-order valence-electron chi connectivity index (χ1n) is 6.03. The summed E-state index contributed by atoms with van der Waals surface area (Å²) in [4.78, 5) is 32.9. The molecule has 0 amide bonds. The van der Waals surface area contributed by atoms with Crippen LogP contribution in [0.2, 0.25) is 6.55 Å². The van der Waals surface area contributed by atoms with Crippen molar-refractivity contribution in [2.75, 3.05) is 0 Å². The average Bonchev–Trinajstić information content (AvgIpc) is 2.33. The quantitative estimate of drug-likeness (QED) is 0.470. The molecule has 3 unspecified atom stereocenters. The Morgan fingerprint density at radius 1 is 0.765 bits per heavy atom. The van der Waals surface area contributed by atoms with Gasteiger partial charge in [-0.3, -0.25) is 0 Å². The van der Waals surface area contributed by atoms with Crippen molar-refractivity contribution < 1.29 is 0 Å². The number of nitrogens with zero attached hydrogens (tertiary/aromatic N) is 3. The molecule has 0 spiro atoms. The fourth-order valence-corrected chi connectivity index (χ4v) is 7.20. The highest BCUT2D eigenvalue weighted by molar-refractivity contribution is 6.83. The van der Waals surface area contributed by atoms with Crippen LogP contribution in [0.5, 0.6) is 0 Å². The standard InChI is InChI=1S/C10H21N3O3Si/c1-5-8(11-14)17(4,9(6-2)12-15)10(7-3)13-16/h8-10H,5-7H2,1-4H3. The van der Waals surface area contributed by atoms with Crippen LogP contribution in [0.25, 0.3) is 0 Å². The monoisotopic (exact) mass is 259 g/mol. The maximum Gasteiger partial charge on any atom is 0.147 e. The van der Waals surface area contributed by atoms with E-state index in [1.807, 2.05) is 27.3 Å². The number of nitroso groups, excluding NO2 is 3. The lowest BCUT2D eigenvalue weighted by atomic mass is 10.5. The highest BCUT2D eigenvalue weighted by atomic mass is 28.3. The van der Waals surface area contributed by atoms with Gasteiger partial charge in [0.15, 0.2) is 0 Å². The lowest BCUT2D eigenvalue weighted by molar-refractivity contribution is 0.669. The van der Waals surface area contributed by atoms with E-state index in [1.165, 1.54) is 0 Å². The molecule has 0 aromatic heterocycles. The summed E-state index contributed by atoms with van der Waals surface area (Å²) >= 11 is 0. The molecule has 6 nitrogen and oxygen atoms in total. The van der Waals surface area contributed by atoms with Crippen LogP contribution in [0.1, 0.15) is 40.0 Å². The summed E-state index contributed by atoms with van der Waals surface area (Å²) in [6, 6.07) is 0. The zero-order chi connectivity index (χ0) is 13.5. The fourth-order valence-electron chi connectivity index (χ4n) is 2.55. The molecule has 0 aliphatic heterocycles. The molecule has 0 bridgehead atoms. The summed E-state index contributed by atoms with van der Waals surface area (Å²) in [5.41, 5.74) is -1.44. The van der Waals surface area contributed by atoms with Crippen molar-refractivity contribution in [2.45, 2.75) is 63.6 Å². The predicted molar refractivity (Wildman–Crippen MR) is 71.2 cm³/mol. The second-order valence-electron chi connectivity index (χ2n) is 4.45. The Hall–Kier alpha value is -0.983. The molecule has 0 aromatic carbocycles. The first kappa shape index (κ1) is 16.0. The normalized spacial score (nSPS) is 19.8. The summed E-state index contributed by atoms with van der Waals surface area (Å²) in [6.45, 7) is 7.37. The molecule has 7 heteroatoms. The molecule has 0 N–H and O–H groups in total. The van der Waals surface area contributed by atoms with E-state index in [0.29, 0.717) is 19.3 Å². The van der Waals surface area contributed by atoms with Crippen LogP contribution in [0, 0.1) is 14.7 Å². The molecule has 0 radical (unpaired) electrons. The van der Waals surface area contributed by atoms with Gasteiger partial charge in [0, 0.05) is 0 Å². The minimum absolute atomic E-state index is 0.479. The van der Waals surface area contributed by atoms with Gasteiger partial charge in [0.05, 0.1) is 17.0 Å². The maximum absolute atomic E-state index is 11.0. The first-order chi connectivity index (χ1) is 8.06. The largest absolute Gasteiger partial charge is 0.151 e. The maximum atomic E-state index is 11.0. The molecule has 98 valence electrons. The summed E-state index contributed by atoms with van der Waals surface area (Å²) in [5, 5.41) is 9.38. The van der Waals surface area contributed by atoms with Gasteiger partial charge in [-0.05, 0) is 19.3 Å². The lowest BCUT2D eigenvalue weighted by Crippen LogP contribution is -2.61. The number of hydrogen-bond acceptors (Lipinski definition) is 6. The molecular formula is C10H21N3O3Si. The Kier molecular flexibility index (Phi) is 6.94. The van der Waals surface area contributed by atoms with Crippen molar-refractivity contribution in [3.63, 3.8) is 0 Å². The second kappa shape index (κ2) is 7.36. The zero-order valence-electron chi connectivity index (χ0n) is 10.9. The third kappa shape index (κ3) is 3.02. The molecule has 0 aliphatic carbocycles. The highest BCUT2D eigenvalue weighted by Gasteiger charge is 2.51. The topological polar surface area (TPSA) is 88.3 Å². The van der Waals surface area contributed by atoms with Crippen LogP contribution < -0.4 is 0 Å². The molecule has 0 saturated heterocycles. The zero-order valence-corrected chi connectivity index (χ0v) is 11.9. The number of rotatable bonds is 9. The van der Waals surface area contributed by atoms with Crippen molar-refractivity contribution in [2.24, 2.45) is 15.5 Å². The molecular weight excluding hydrogens is 238 g/mol. The van der Waals surface area contributed by atoms with Crippen molar-refractivity contribution in [3.05, 3.63) is 14.7 Å². The molecule has 0 fully saturated rings. The van der Waals surface area contributed by atoms with Crippen molar-refractivity contribution >= 4 is 8.07 Å². The van der Waals surface area contributed by atoms with E-state index in [2.05, 4.69) is 15.5 Å². The van der Waals surface area contributed by atoms with Gasteiger partial charge >= 0.3 is 0 Å². The summed E-state index contributed by atoms with van der Waals surface area (Å²) in [7, 11) is -2.58. The van der Waals surface area contributed by atoms with Crippen LogP contribution in [0.3, 0.4) is 0 Å². The van der Waals surface area contributed by atoms with Gasteiger partial charge in [0.1, 0.15) is 8.07 Å². The minimum Gasteiger partial charge on any atom is -0.151 e. The average molecular weight is 259 g/mol. The van der Waals surface area contributed by atoms with Gasteiger partial charge in [-0.1, -0.05) is 42.8 Å². The highest BCUT2D eigenvalue weighted by Crippen LogP contribution is 2.30. The molecule has 0 heterocycles. The van der Waals surface area contributed by atoms with Crippen molar-refractivity contribution in [1.82, 2.24) is 0 Å². The fraction of sp³-hybridized carbons (Fsp3) is 1.00. The van der Waals surface area contributed by atoms with Crippen LogP contribution in [0.15, 0.2) is 15.5 Å². The predicted octanol–water partition coefficient (Wildman–Crippen LogP) is 3.32. The number of hydrogen-bond donors (Lipinski definition) is 0. The molecule has 3 atom stereocenters. The molecule has 0 aliphatic rings. The van der Waals surface area contributed by atoms with E-state index in [4.69, 9.17) is 0 Å². The Morgan fingerprint density at radius 2 is 1.00 bits per heavy atom. The smallest absolute Gasteiger partial charge is 0.147 e. The van der Waals surface area contributed by atoms with E-state index in [0.717, 1.165) is 0 Å². The molecule has 0 aromatic rings. The van der Waals surface area contributed by atoms with Crippen molar-refractivity contribution in [3.8, 4) is 0 Å². The summed E-state index contributed by atoms with van der Waals surface area (Å²) < 4.78 is 0. The second-order valence-corrected chi connectivity index (χ2v) is 9.19. The van der Waals surface area contributed by atoms with Crippen LogP contribution in [0.4, 0.5) is 0 Å². The van der Waals surface area contributed by atoms with Gasteiger partial charge in [-0.25, -0.2) is 0 Å². The Morgan fingerprint density at radius 3 is 1.12 bits per heavy atom. The van der Waals surface area contributed by atoms with Gasteiger partial charge in [-0.2, -0.15) is 14.7 Å². The Balaban J connectivity index is 5.52. The third-order valence-electron chi connectivity index (χ3n) is 3.70. The molecule has 17 heavy (non-hydrogen) atoms. The van der Waals surface area contributed by atoms with E-state index < -0.39 is 25.1 Å².